The number of hydrogen-bond donors (Lipinski definition) is 2. The molecular formula is C21H27N3O4S. The molecule has 1 aliphatic heterocycles. The standard InChI is InChI=1S/C21H27N3O4S/c1-3-4-14-28-19-11-9-17(10-12-19)22-21(25)23-18-8-7-16-6-5-13-24(20(16)15-18)29(2,26)27/h7-12,15H,3-6,13-14H2,1-2H3,(H2,22,23,25). The summed E-state index contributed by atoms with van der Waals surface area (Å²) in [5.41, 5.74) is 2.77. The van der Waals surface area contributed by atoms with Crippen molar-refractivity contribution in [2.24, 2.45) is 0 Å². The van der Waals surface area contributed by atoms with Crippen LogP contribution in [0.3, 0.4) is 0 Å². The molecule has 3 rings (SSSR count). The second kappa shape index (κ2) is 9.17. The van der Waals surface area contributed by atoms with Crippen LogP contribution in [0.15, 0.2) is 42.5 Å². The lowest BCUT2D eigenvalue weighted by Gasteiger charge is -2.29. The number of carbonyl (C=O) groups excluding carboxylic acids is 1. The summed E-state index contributed by atoms with van der Waals surface area (Å²) in [6, 6.07) is 12.1. The molecule has 0 bridgehead atoms. The molecule has 0 aliphatic carbocycles. The molecule has 1 heterocycles. The molecule has 0 aromatic heterocycles. The number of anilines is 3. The van der Waals surface area contributed by atoms with Crippen LogP contribution in [0.25, 0.3) is 0 Å². The lowest BCUT2D eigenvalue weighted by atomic mass is 10.0. The number of amides is 2. The van der Waals surface area contributed by atoms with Crippen molar-refractivity contribution in [1.82, 2.24) is 0 Å². The number of fused-ring (bicyclic) bond motifs is 1. The van der Waals surface area contributed by atoms with Crippen LogP contribution in [-0.2, 0) is 16.4 Å². The summed E-state index contributed by atoms with van der Waals surface area (Å²) < 4.78 is 31.1. The van der Waals surface area contributed by atoms with Gasteiger partial charge in [-0.05, 0) is 61.2 Å². The summed E-state index contributed by atoms with van der Waals surface area (Å²) in [4.78, 5) is 12.3. The molecule has 1 aliphatic rings. The molecule has 0 fully saturated rings. The van der Waals surface area contributed by atoms with Crippen molar-refractivity contribution in [3.8, 4) is 5.75 Å². The third-order valence-electron chi connectivity index (χ3n) is 4.70. The highest BCUT2D eigenvalue weighted by Gasteiger charge is 2.24. The maximum absolute atomic E-state index is 12.3. The fourth-order valence-corrected chi connectivity index (χ4v) is 4.21. The number of sulfonamides is 1. The topological polar surface area (TPSA) is 87.7 Å². The number of aryl methyl sites for hydroxylation is 1. The van der Waals surface area contributed by atoms with Crippen molar-refractivity contribution in [3.63, 3.8) is 0 Å². The molecule has 29 heavy (non-hydrogen) atoms. The minimum atomic E-state index is -3.35. The highest BCUT2D eigenvalue weighted by Crippen LogP contribution is 2.31. The zero-order chi connectivity index (χ0) is 20.9. The molecule has 8 heteroatoms. The van der Waals surface area contributed by atoms with E-state index in [9.17, 15) is 13.2 Å². The van der Waals surface area contributed by atoms with Gasteiger partial charge < -0.3 is 15.4 Å². The fourth-order valence-electron chi connectivity index (χ4n) is 3.23. The van der Waals surface area contributed by atoms with Crippen LogP contribution in [0.2, 0.25) is 0 Å². The first-order valence-electron chi connectivity index (χ1n) is 9.78. The number of nitrogens with one attached hydrogen (secondary N) is 2. The van der Waals surface area contributed by atoms with Crippen molar-refractivity contribution >= 4 is 33.1 Å². The van der Waals surface area contributed by atoms with Crippen molar-refractivity contribution < 1.29 is 17.9 Å². The van der Waals surface area contributed by atoms with Crippen molar-refractivity contribution in [2.45, 2.75) is 32.6 Å². The molecule has 0 radical (unpaired) electrons. The molecule has 7 nitrogen and oxygen atoms in total. The van der Waals surface area contributed by atoms with E-state index in [1.54, 1.807) is 24.3 Å². The number of carbonyl (C=O) groups is 1. The van der Waals surface area contributed by atoms with Crippen LogP contribution in [0.1, 0.15) is 31.7 Å². The fraction of sp³-hybridized carbons (Fsp3) is 0.381. The second-order valence-corrected chi connectivity index (χ2v) is 8.99. The van der Waals surface area contributed by atoms with E-state index < -0.39 is 16.1 Å². The quantitative estimate of drug-likeness (QED) is 0.660. The zero-order valence-corrected chi connectivity index (χ0v) is 17.6. The first-order chi connectivity index (χ1) is 13.9. The molecule has 0 atom stereocenters. The Morgan fingerprint density at radius 2 is 1.79 bits per heavy atom. The number of urea groups is 1. The summed E-state index contributed by atoms with van der Waals surface area (Å²) in [5.74, 6) is 0.764. The molecule has 0 saturated carbocycles. The van der Waals surface area contributed by atoms with Crippen molar-refractivity contribution in [3.05, 3.63) is 48.0 Å². The number of rotatable bonds is 7. The largest absolute Gasteiger partial charge is 0.494 e. The van der Waals surface area contributed by atoms with Gasteiger partial charge in [0.15, 0.2) is 0 Å². The van der Waals surface area contributed by atoms with Crippen LogP contribution < -0.4 is 19.7 Å². The zero-order valence-electron chi connectivity index (χ0n) is 16.8. The monoisotopic (exact) mass is 417 g/mol. The molecule has 2 aromatic carbocycles. The van der Waals surface area contributed by atoms with Gasteiger partial charge in [-0.1, -0.05) is 19.4 Å². The number of ether oxygens (including phenoxy) is 1. The van der Waals surface area contributed by atoms with E-state index in [1.165, 1.54) is 10.6 Å². The Morgan fingerprint density at radius 3 is 2.48 bits per heavy atom. The van der Waals surface area contributed by atoms with Gasteiger partial charge in [-0.2, -0.15) is 0 Å². The number of unbranched alkanes of at least 4 members (excludes halogenated alkanes) is 1. The lowest BCUT2D eigenvalue weighted by molar-refractivity contribution is 0.262. The van der Waals surface area contributed by atoms with Gasteiger partial charge in [0.25, 0.3) is 0 Å². The first-order valence-corrected chi connectivity index (χ1v) is 11.6. The van der Waals surface area contributed by atoms with E-state index in [2.05, 4.69) is 17.6 Å². The third-order valence-corrected chi connectivity index (χ3v) is 5.88. The Kier molecular flexibility index (Phi) is 6.64. The maximum Gasteiger partial charge on any atom is 0.323 e. The molecular weight excluding hydrogens is 390 g/mol. The molecule has 2 aromatic rings. The SMILES string of the molecule is CCCCOc1ccc(NC(=O)Nc2ccc3c(c2)N(S(C)(=O)=O)CCC3)cc1. The maximum atomic E-state index is 12.3. The predicted molar refractivity (Wildman–Crippen MR) is 116 cm³/mol. The highest BCUT2D eigenvalue weighted by molar-refractivity contribution is 7.92. The van der Waals surface area contributed by atoms with E-state index >= 15 is 0 Å². The molecule has 2 N–H and O–H groups in total. The Labute approximate surface area is 172 Å². The molecule has 0 unspecified atom stereocenters. The number of nitrogens with zero attached hydrogens (tertiary/aromatic N) is 1. The third kappa shape index (κ3) is 5.63. The van der Waals surface area contributed by atoms with Crippen LogP contribution >= 0.6 is 0 Å². The first kappa shape index (κ1) is 21.0. The smallest absolute Gasteiger partial charge is 0.323 e. The summed E-state index contributed by atoms with van der Waals surface area (Å²) in [7, 11) is -3.35. The van der Waals surface area contributed by atoms with Crippen LogP contribution in [0, 0.1) is 0 Å². The van der Waals surface area contributed by atoms with E-state index in [4.69, 9.17) is 4.74 Å². The van der Waals surface area contributed by atoms with Gasteiger partial charge in [-0.25, -0.2) is 13.2 Å². The Bertz CT molecular complexity index is 958. The van der Waals surface area contributed by atoms with Gasteiger partial charge in [-0.15, -0.1) is 0 Å². The van der Waals surface area contributed by atoms with Gasteiger partial charge in [0.2, 0.25) is 10.0 Å². The Balaban J connectivity index is 1.64. The van der Waals surface area contributed by atoms with Gasteiger partial charge in [0, 0.05) is 17.9 Å². The van der Waals surface area contributed by atoms with Gasteiger partial charge in [0.1, 0.15) is 5.75 Å². The predicted octanol–water partition coefficient (Wildman–Crippen LogP) is 4.22. The summed E-state index contributed by atoms with van der Waals surface area (Å²) in [6.45, 7) is 3.23. The van der Waals surface area contributed by atoms with E-state index in [0.717, 1.165) is 37.0 Å². The average molecular weight is 418 g/mol. The minimum absolute atomic E-state index is 0.397. The molecule has 0 saturated heterocycles. The molecule has 156 valence electrons. The van der Waals surface area contributed by atoms with E-state index in [1.807, 2.05) is 18.2 Å². The molecule has 0 spiro atoms. The summed E-state index contributed by atoms with van der Waals surface area (Å²) in [5, 5.41) is 5.54. The lowest BCUT2D eigenvalue weighted by Crippen LogP contribution is -2.34. The van der Waals surface area contributed by atoms with Crippen LogP contribution in [-0.4, -0.2) is 33.9 Å². The normalized spacial score (nSPS) is 13.5. The van der Waals surface area contributed by atoms with Gasteiger partial charge in [0.05, 0.1) is 18.6 Å². The van der Waals surface area contributed by atoms with Gasteiger partial charge >= 0.3 is 6.03 Å². The summed E-state index contributed by atoms with van der Waals surface area (Å²) >= 11 is 0. The highest BCUT2D eigenvalue weighted by atomic mass is 32.2. The summed E-state index contributed by atoms with van der Waals surface area (Å²) in [6.07, 6.45) is 4.88. The van der Waals surface area contributed by atoms with Crippen LogP contribution in [0.5, 0.6) is 5.75 Å². The van der Waals surface area contributed by atoms with Gasteiger partial charge in [-0.3, -0.25) is 4.31 Å². The second-order valence-electron chi connectivity index (χ2n) is 7.09. The number of benzene rings is 2. The Hall–Kier alpha value is -2.74. The van der Waals surface area contributed by atoms with E-state index in [-0.39, 0.29) is 0 Å². The van der Waals surface area contributed by atoms with E-state index in [0.29, 0.717) is 30.2 Å². The Morgan fingerprint density at radius 1 is 1.10 bits per heavy atom. The van der Waals surface area contributed by atoms with Crippen molar-refractivity contribution in [1.29, 1.82) is 0 Å². The minimum Gasteiger partial charge on any atom is -0.494 e. The number of hydrogen-bond acceptors (Lipinski definition) is 4. The van der Waals surface area contributed by atoms with Crippen molar-refractivity contribution in [2.75, 3.05) is 34.3 Å². The molecule has 2 amide bonds. The van der Waals surface area contributed by atoms with Crippen LogP contribution in [0.4, 0.5) is 21.9 Å². The average Bonchev–Trinajstić information content (AvgIpc) is 2.68.